The fourth-order valence-corrected chi connectivity index (χ4v) is 2.40. The number of amides is 1. The molecule has 0 aliphatic heterocycles. The lowest BCUT2D eigenvalue weighted by Crippen LogP contribution is -2.40. The minimum absolute atomic E-state index is 0.227. The number of aliphatic hydroxyl groups is 1. The molecule has 0 radical (unpaired) electrons. The van der Waals surface area contributed by atoms with Crippen LogP contribution in [-0.4, -0.2) is 23.3 Å². The van der Waals surface area contributed by atoms with Crippen LogP contribution in [0.25, 0.3) is 0 Å². The molecule has 0 saturated heterocycles. The minimum Gasteiger partial charge on any atom is -0.473 e. The van der Waals surface area contributed by atoms with Crippen molar-refractivity contribution in [1.29, 1.82) is 0 Å². The van der Waals surface area contributed by atoms with Gasteiger partial charge in [0.1, 0.15) is 11.9 Å². The summed E-state index contributed by atoms with van der Waals surface area (Å²) in [4.78, 5) is 12.1. The summed E-state index contributed by atoms with van der Waals surface area (Å²) >= 11 is 5.81. The third kappa shape index (κ3) is 6.05. The number of hydrogen-bond donors (Lipinski definition) is 3. The van der Waals surface area contributed by atoms with E-state index in [1.807, 2.05) is 13.8 Å². The zero-order chi connectivity index (χ0) is 18.4. The molecule has 0 spiro atoms. The predicted octanol–water partition coefficient (Wildman–Crippen LogP) is 3.66. The summed E-state index contributed by atoms with van der Waals surface area (Å²) in [6.07, 6.45) is -0.961. The van der Waals surface area contributed by atoms with Crippen LogP contribution in [0.1, 0.15) is 30.6 Å². The van der Waals surface area contributed by atoms with E-state index in [1.165, 1.54) is 0 Å². The normalized spacial score (nSPS) is 13.4. The Bertz CT molecular complexity index is 687. The number of rotatable bonds is 7. The molecule has 2 aromatic carbocycles. The molecule has 0 aromatic heterocycles. The zero-order valence-corrected chi connectivity index (χ0v) is 15.0. The second-order valence-electron chi connectivity index (χ2n) is 6.26. The average molecular weight is 363 g/mol. The summed E-state index contributed by atoms with van der Waals surface area (Å²) in [6.45, 7) is 4.02. The monoisotopic (exact) mass is 362 g/mol. The van der Waals surface area contributed by atoms with Gasteiger partial charge in [0.05, 0.1) is 0 Å². The van der Waals surface area contributed by atoms with Crippen molar-refractivity contribution in [3.63, 3.8) is 0 Å². The van der Waals surface area contributed by atoms with Gasteiger partial charge < -0.3 is 15.2 Å². The van der Waals surface area contributed by atoms with Crippen molar-refractivity contribution in [3.05, 3.63) is 59.1 Å². The molecule has 4 N–H and O–H groups in total. The molecule has 2 unspecified atom stereocenters. The highest BCUT2D eigenvalue weighted by Gasteiger charge is 2.17. The van der Waals surface area contributed by atoms with E-state index in [0.29, 0.717) is 34.4 Å². The Hall–Kier alpha value is -2.08. The molecule has 0 aliphatic carbocycles. The molecule has 6 heteroatoms. The standard InChI is InChI=1S/C19H23ClN2O3/c1-12(2)11-17(23)18(21)25-16-9-7-15(8-10-16)22-19(24)13-3-5-14(20)6-4-13/h3-10,12,17-18,23H,11,21H2,1-2H3,(H,22,24). The van der Waals surface area contributed by atoms with Crippen LogP contribution in [0.5, 0.6) is 5.75 Å². The molecule has 2 atom stereocenters. The Morgan fingerprint density at radius 1 is 1.16 bits per heavy atom. The maximum Gasteiger partial charge on any atom is 0.255 e. The zero-order valence-electron chi connectivity index (χ0n) is 14.3. The van der Waals surface area contributed by atoms with Crippen LogP contribution in [0.3, 0.4) is 0 Å². The van der Waals surface area contributed by atoms with E-state index in [1.54, 1.807) is 48.5 Å². The number of nitrogens with one attached hydrogen (secondary N) is 1. The Morgan fingerprint density at radius 3 is 2.32 bits per heavy atom. The molecule has 0 aliphatic rings. The summed E-state index contributed by atoms with van der Waals surface area (Å²) in [6, 6.07) is 13.5. The van der Waals surface area contributed by atoms with Crippen molar-refractivity contribution in [1.82, 2.24) is 0 Å². The number of carbonyl (C=O) groups excluding carboxylic acids is 1. The Balaban J connectivity index is 1.93. The van der Waals surface area contributed by atoms with Crippen molar-refractivity contribution < 1.29 is 14.6 Å². The highest BCUT2D eigenvalue weighted by atomic mass is 35.5. The Kier molecular flexibility index (Phi) is 6.82. The van der Waals surface area contributed by atoms with Crippen LogP contribution < -0.4 is 15.8 Å². The second kappa shape index (κ2) is 8.85. The number of halogens is 1. The van der Waals surface area contributed by atoms with E-state index in [0.717, 1.165) is 0 Å². The molecular weight excluding hydrogens is 340 g/mol. The first-order chi connectivity index (χ1) is 11.8. The number of hydrogen-bond acceptors (Lipinski definition) is 4. The SMILES string of the molecule is CC(C)CC(O)C(N)Oc1ccc(NC(=O)c2ccc(Cl)cc2)cc1. The minimum atomic E-state index is -0.795. The third-order valence-corrected chi connectivity index (χ3v) is 3.83. The largest absolute Gasteiger partial charge is 0.473 e. The molecule has 2 rings (SSSR count). The summed E-state index contributed by atoms with van der Waals surface area (Å²) < 4.78 is 5.54. The van der Waals surface area contributed by atoms with Gasteiger partial charge in [0, 0.05) is 16.3 Å². The van der Waals surface area contributed by atoms with Gasteiger partial charge >= 0.3 is 0 Å². The van der Waals surface area contributed by atoms with Crippen molar-refractivity contribution in [2.75, 3.05) is 5.32 Å². The molecule has 0 bridgehead atoms. The van der Waals surface area contributed by atoms with Gasteiger partial charge in [-0.05, 0) is 60.9 Å². The van der Waals surface area contributed by atoms with Gasteiger partial charge in [-0.1, -0.05) is 25.4 Å². The fourth-order valence-electron chi connectivity index (χ4n) is 2.27. The van der Waals surface area contributed by atoms with Crippen molar-refractivity contribution in [2.24, 2.45) is 11.7 Å². The van der Waals surface area contributed by atoms with E-state index in [9.17, 15) is 9.90 Å². The molecule has 0 heterocycles. The van der Waals surface area contributed by atoms with Crippen LogP contribution in [0.2, 0.25) is 5.02 Å². The van der Waals surface area contributed by atoms with Gasteiger partial charge in [-0.3, -0.25) is 10.5 Å². The first-order valence-corrected chi connectivity index (χ1v) is 8.50. The lowest BCUT2D eigenvalue weighted by molar-refractivity contribution is 0.0268. The van der Waals surface area contributed by atoms with Gasteiger partial charge in [0.25, 0.3) is 5.91 Å². The van der Waals surface area contributed by atoms with Gasteiger partial charge in [-0.2, -0.15) is 0 Å². The smallest absolute Gasteiger partial charge is 0.255 e. The van der Waals surface area contributed by atoms with Gasteiger partial charge in [0.2, 0.25) is 0 Å². The summed E-state index contributed by atoms with van der Waals surface area (Å²) in [5.41, 5.74) is 7.00. The van der Waals surface area contributed by atoms with E-state index in [-0.39, 0.29) is 5.91 Å². The Labute approximate surface area is 152 Å². The summed E-state index contributed by atoms with van der Waals surface area (Å²) in [5, 5.41) is 13.3. The second-order valence-corrected chi connectivity index (χ2v) is 6.70. The highest BCUT2D eigenvalue weighted by molar-refractivity contribution is 6.30. The van der Waals surface area contributed by atoms with Gasteiger partial charge in [-0.15, -0.1) is 0 Å². The summed E-state index contributed by atoms with van der Waals surface area (Å²) in [7, 11) is 0. The highest BCUT2D eigenvalue weighted by Crippen LogP contribution is 2.19. The average Bonchev–Trinajstić information content (AvgIpc) is 2.56. The summed E-state index contributed by atoms with van der Waals surface area (Å²) in [5.74, 6) is 0.629. The quantitative estimate of drug-likeness (QED) is 0.656. The van der Waals surface area contributed by atoms with Crippen molar-refractivity contribution in [3.8, 4) is 5.75 Å². The molecule has 5 nitrogen and oxygen atoms in total. The first kappa shape index (κ1) is 19.2. The maximum atomic E-state index is 12.1. The van der Waals surface area contributed by atoms with Crippen LogP contribution >= 0.6 is 11.6 Å². The molecule has 25 heavy (non-hydrogen) atoms. The van der Waals surface area contributed by atoms with Crippen LogP contribution in [0.4, 0.5) is 5.69 Å². The topological polar surface area (TPSA) is 84.6 Å². The third-order valence-electron chi connectivity index (χ3n) is 3.58. The van der Waals surface area contributed by atoms with E-state index in [4.69, 9.17) is 22.1 Å². The molecule has 2 aromatic rings. The van der Waals surface area contributed by atoms with E-state index >= 15 is 0 Å². The first-order valence-electron chi connectivity index (χ1n) is 8.12. The molecule has 1 amide bonds. The molecule has 0 fully saturated rings. The predicted molar refractivity (Wildman–Crippen MR) is 99.9 cm³/mol. The van der Waals surface area contributed by atoms with E-state index < -0.39 is 12.3 Å². The van der Waals surface area contributed by atoms with Crippen LogP contribution in [-0.2, 0) is 0 Å². The maximum absolute atomic E-state index is 12.1. The molecule has 134 valence electrons. The lowest BCUT2D eigenvalue weighted by atomic mass is 10.1. The molecular formula is C19H23ClN2O3. The van der Waals surface area contributed by atoms with Crippen molar-refractivity contribution >= 4 is 23.2 Å². The van der Waals surface area contributed by atoms with Gasteiger partial charge in [-0.25, -0.2) is 0 Å². The Morgan fingerprint density at radius 2 is 1.76 bits per heavy atom. The fraction of sp³-hybridized carbons (Fsp3) is 0.316. The van der Waals surface area contributed by atoms with E-state index in [2.05, 4.69) is 5.32 Å². The number of benzene rings is 2. The van der Waals surface area contributed by atoms with Crippen molar-refractivity contribution in [2.45, 2.75) is 32.6 Å². The van der Waals surface area contributed by atoms with Gasteiger partial charge in [0.15, 0.2) is 6.23 Å². The van der Waals surface area contributed by atoms with Crippen LogP contribution in [0.15, 0.2) is 48.5 Å². The molecule has 0 saturated carbocycles. The van der Waals surface area contributed by atoms with Crippen LogP contribution in [0, 0.1) is 5.92 Å². The number of anilines is 1. The number of ether oxygens (including phenoxy) is 1. The lowest BCUT2D eigenvalue weighted by Gasteiger charge is -2.21. The number of nitrogens with two attached hydrogens (primary N) is 1. The number of carbonyl (C=O) groups is 1. The number of aliphatic hydroxyl groups excluding tert-OH is 1.